The zero-order valence-electron chi connectivity index (χ0n) is 20.9. The molecule has 1 amide bonds. The molecule has 0 saturated carbocycles. The summed E-state index contributed by atoms with van der Waals surface area (Å²) in [5.74, 6) is 2.85. The van der Waals surface area contributed by atoms with Crippen LogP contribution in [0.1, 0.15) is 56.2 Å². The summed E-state index contributed by atoms with van der Waals surface area (Å²) < 4.78 is 16.9. The van der Waals surface area contributed by atoms with Crippen molar-refractivity contribution in [3.05, 3.63) is 89.5 Å². The highest BCUT2D eigenvalue weighted by Gasteiger charge is 2.21. The van der Waals surface area contributed by atoms with E-state index in [1.807, 2.05) is 62.1 Å². The van der Waals surface area contributed by atoms with Gasteiger partial charge in [-0.25, -0.2) is 0 Å². The Morgan fingerprint density at radius 2 is 1.69 bits per heavy atom. The van der Waals surface area contributed by atoms with Crippen molar-refractivity contribution in [2.24, 2.45) is 0 Å². The minimum atomic E-state index is 0.136. The average molecular weight is 474 g/mol. The van der Waals surface area contributed by atoms with Gasteiger partial charge in [-0.15, -0.1) is 0 Å². The first kappa shape index (κ1) is 24.6. The van der Waals surface area contributed by atoms with Gasteiger partial charge in [0, 0.05) is 19.5 Å². The molecule has 5 nitrogen and oxygen atoms in total. The number of amides is 1. The Morgan fingerprint density at radius 1 is 0.943 bits per heavy atom. The smallest absolute Gasteiger partial charge is 0.231 e. The second-order valence-electron chi connectivity index (χ2n) is 9.27. The molecule has 1 heterocycles. The summed E-state index contributed by atoms with van der Waals surface area (Å²) in [7, 11) is 0. The minimum absolute atomic E-state index is 0.136. The maximum absolute atomic E-state index is 12.9. The van der Waals surface area contributed by atoms with Crippen LogP contribution in [0.25, 0.3) is 0 Å². The standard InChI is InChI=1S/C30H35NO4/c1-4-30(32)31(20-24-10-13-27(14-11-24)35-22(2)3)17-16-26(18-23-8-6-5-7-9-23)25-12-15-28-29(19-25)34-21-33-28/h5-15,19,22,26H,4,16-18,20-21H2,1-3H3/t26-/m0/s1. The highest BCUT2D eigenvalue weighted by atomic mass is 16.7. The predicted octanol–water partition coefficient (Wildman–Crippen LogP) is 6.36. The van der Waals surface area contributed by atoms with Gasteiger partial charge in [-0.3, -0.25) is 4.79 Å². The van der Waals surface area contributed by atoms with Crippen LogP contribution in [0.5, 0.6) is 17.2 Å². The summed E-state index contributed by atoms with van der Waals surface area (Å²) in [6.07, 6.45) is 2.38. The van der Waals surface area contributed by atoms with E-state index >= 15 is 0 Å². The topological polar surface area (TPSA) is 48.0 Å². The predicted molar refractivity (Wildman–Crippen MR) is 138 cm³/mol. The van der Waals surface area contributed by atoms with E-state index in [-0.39, 0.29) is 24.7 Å². The second-order valence-corrected chi connectivity index (χ2v) is 9.27. The molecule has 184 valence electrons. The number of benzene rings is 3. The van der Waals surface area contributed by atoms with Crippen LogP contribution < -0.4 is 14.2 Å². The highest BCUT2D eigenvalue weighted by Crippen LogP contribution is 2.36. The Hall–Kier alpha value is -3.47. The van der Waals surface area contributed by atoms with E-state index in [0.29, 0.717) is 19.5 Å². The summed E-state index contributed by atoms with van der Waals surface area (Å²) in [5.41, 5.74) is 3.59. The van der Waals surface area contributed by atoms with E-state index < -0.39 is 0 Å². The first-order valence-corrected chi connectivity index (χ1v) is 12.5. The molecule has 0 bridgehead atoms. The van der Waals surface area contributed by atoms with Gasteiger partial charge in [0.25, 0.3) is 0 Å². The third-order valence-corrected chi connectivity index (χ3v) is 6.26. The Morgan fingerprint density at radius 3 is 2.40 bits per heavy atom. The van der Waals surface area contributed by atoms with Crippen molar-refractivity contribution >= 4 is 5.91 Å². The van der Waals surface area contributed by atoms with Crippen molar-refractivity contribution in [1.82, 2.24) is 4.90 Å². The maximum Gasteiger partial charge on any atom is 0.231 e. The molecule has 4 rings (SSSR count). The number of hydrogen-bond acceptors (Lipinski definition) is 4. The fourth-order valence-electron chi connectivity index (χ4n) is 4.45. The normalized spacial score (nSPS) is 13.0. The quantitative estimate of drug-likeness (QED) is 0.325. The van der Waals surface area contributed by atoms with E-state index in [9.17, 15) is 4.79 Å². The molecule has 35 heavy (non-hydrogen) atoms. The summed E-state index contributed by atoms with van der Waals surface area (Å²) in [5, 5.41) is 0. The molecule has 0 N–H and O–H groups in total. The molecule has 5 heteroatoms. The van der Waals surface area contributed by atoms with Crippen LogP contribution in [0.3, 0.4) is 0 Å². The lowest BCUT2D eigenvalue weighted by atomic mass is 9.88. The van der Waals surface area contributed by atoms with Crippen LogP contribution in [-0.4, -0.2) is 30.2 Å². The summed E-state index contributed by atoms with van der Waals surface area (Å²) >= 11 is 0. The number of rotatable bonds is 11. The zero-order chi connectivity index (χ0) is 24.6. The van der Waals surface area contributed by atoms with Crippen molar-refractivity contribution in [3.63, 3.8) is 0 Å². The van der Waals surface area contributed by atoms with E-state index in [1.54, 1.807) is 0 Å². The van der Waals surface area contributed by atoms with Gasteiger partial charge in [-0.1, -0.05) is 55.5 Å². The molecule has 3 aromatic carbocycles. The van der Waals surface area contributed by atoms with Crippen molar-refractivity contribution in [1.29, 1.82) is 0 Å². The monoisotopic (exact) mass is 473 g/mol. The molecule has 0 spiro atoms. The van der Waals surface area contributed by atoms with E-state index in [0.717, 1.165) is 35.7 Å². The number of hydrogen-bond donors (Lipinski definition) is 0. The number of carbonyl (C=O) groups is 1. The fourth-order valence-corrected chi connectivity index (χ4v) is 4.45. The molecule has 0 aliphatic carbocycles. The molecule has 1 aliphatic rings. The van der Waals surface area contributed by atoms with Gasteiger partial charge in [-0.05, 0) is 73.6 Å². The van der Waals surface area contributed by atoms with Crippen molar-refractivity contribution in [2.75, 3.05) is 13.3 Å². The first-order chi connectivity index (χ1) is 17.0. The van der Waals surface area contributed by atoms with Gasteiger partial charge in [-0.2, -0.15) is 0 Å². The zero-order valence-corrected chi connectivity index (χ0v) is 20.9. The molecular weight excluding hydrogens is 438 g/mol. The lowest BCUT2D eigenvalue weighted by molar-refractivity contribution is -0.131. The van der Waals surface area contributed by atoms with Gasteiger partial charge in [0.05, 0.1) is 6.10 Å². The number of nitrogens with zero attached hydrogens (tertiary/aromatic N) is 1. The van der Waals surface area contributed by atoms with Crippen LogP contribution in [0.2, 0.25) is 0 Å². The maximum atomic E-state index is 12.9. The fraction of sp³-hybridized carbons (Fsp3) is 0.367. The van der Waals surface area contributed by atoms with Crippen LogP contribution in [0.15, 0.2) is 72.8 Å². The number of fused-ring (bicyclic) bond motifs is 1. The Bertz CT molecular complexity index is 1100. The molecule has 0 unspecified atom stereocenters. The van der Waals surface area contributed by atoms with Crippen LogP contribution in [0.4, 0.5) is 0 Å². The molecule has 1 aliphatic heterocycles. The Kier molecular flexibility index (Phi) is 8.30. The van der Waals surface area contributed by atoms with E-state index in [1.165, 1.54) is 11.1 Å². The van der Waals surface area contributed by atoms with E-state index in [2.05, 4.69) is 36.4 Å². The summed E-state index contributed by atoms with van der Waals surface area (Å²) in [4.78, 5) is 14.8. The largest absolute Gasteiger partial charge is 0.491 e. The summed E-state index contributed by atoms with van der Waals surface area (Å²) in [6, 6.07) is 24.8. The lowest BCUT2D eigenvalue weighted by Crippen LogP contribution is -2.32. The van der Waals surface area contributed by atoms with E-state index in [4.69, 9.17) is 14.2 Å². The Balaban J connectivity index is 1.49. The van der Waals surface area contributed by atoms with Gasteiger partial charge in [0.1, 0.15) is 5.75 Å². The number of carbonyl (C=O) groups excluding carboxylic acids is 1. The van der Waals surface area contributed by atoms with Gasteiger partial charge >= 0.3 is 0 Å². The molecule has 0 radical (unpaired) electrons. The second kappa shape index (κ2) is 11.8. The SMILES string of the molecule is CCC(=O)N(CC[C@@H](Cc1ccccc1)c1ccc2c(c1)OCO2)Cc1ccc(OC(C)C)cc1. The molecule has 0 saturated heterocycles. The number of ether oxygens (including phenoxy) is 3. The van der Waals surface area contributed by atoms with Gasteiger partial charge in [0.15, 0.2) is 11.5 Å². The lowest BCUT2D eigenvalue weighted by Gasteiger charge is -2.26. The third-order valence-electron chi connectivity index (χ3n) is 6.26. The molecule has 0 aromatic heterocycles. The van der Waals surface area contributed by atoms with Crippen LogP contribution >= 0.6 is 0 Å². The van der Waals surface area contributed by atoms with Gasteiger partial charge in [0.2, 0.25) is 12.7 Å². The van der Waals surface area contributed by atoms with Crippen molar-refractivity contribution in [2.45, 2.75) is 58.6 Å². The molecule has 0 fully saturated rings. The van der Waals surface area contributed by atoms with Crippen LogP contribution in [0, 0.1) is 0 Å². The molecule has 3 aromatic rings. The minimum Gasteiger partial charge on any atom is -0.491 e. The first-order valence-electron chi connectivity index (χ1n) is 12.5. The average Bonchev–Trinajstić information content (AvgIpc) is 3.34. The van der Waals surface area contributed by atoms with Crippen molar-refractivity contribution in [3.8, 4) is 17.2 Å². The third kappa shape index (κ3) is 6.78. The van der Waals surface area contributed by atoms with Crippen molar-refractivity contribution < 1.29 is 19.0 Å². The van der Waals surface area contributed by atoms with Crippen LogP contribution in [-0.2, 0) is 17.8 Å². The molecular formula is C30H35NO4. The highest BCUT2D eigenvalue weighted by molar-refractivity contribution is 5.75. The van der Waals surface area contributed by atoms with Gasteiger partial charge < -0.3 is 19.1 Å². The molecule has 1 atom stereocenters. The summed E-state index contributed by atoms with van der Waals surface area (Å²) in [6.45, 7) is 7.50. The Labute approximate surface area is 208 Å².